The van der Waals surface area contributed by atoms with Crippen molar-refractivity contribution in [1.82, 2.24) is 4.90 Å². The van der Waals surface area contributed by atoms with Crippen LogP contribution in [-0.2, 0) is 0 Å². The third-order valence-electron chi connectivity index (χ3n) is 2.78. The lowest BCUT2D eigenvalue weighted by Crippen LogP contribution is -2.21. The van der Waals surface area contributed by atoms with E-state index in [-0.39, 0.29) is 0 Å². The molecule has 1 atom stereocenters. The van der Waals surface area contributed by atoms with Crippen molar-refractivity contribution in [3.63, 3.8) is 0 Å². The number of rotatable bonds is 4. The first-order valence-electron chi connectivity index (χ1n) is 5.09. The van der Waals surface area contributed by atoms with Gasteiger partial charge in [-0.1, -0.05) is 26.7 Å². The molecular weight excluding hydrogens is 134 g/mol. The van der Waals surface area contributed by atoms with Gasteiger partial charge < -0.3 is 4.90 Å². The first-order chi connectivity index (χ1) is 5.36. The van der Waals surface area contributed by atoms with Crippen molar-refractivity contribution in [3.05, 3.63) is 0 Å². The molecule has 0 amide bonds. The van der Waals surface area contributed by atoms with E-state index in [9.17, 15) is 0 Å². The predicted octanol–water partition coefficient (Wildman–Crippen LogP) is 2.52. The molecule has 1 saturated heterocycles. The van der Waals surface area contributed by atoms with Gasteiger partial charge in [0.2, 0.25) is 0 Å². The number of unbranched alkanes of at least 4 members (excludes halogenated alkanes) is 1. The number of likely N-dealkylation sites (tertiary alicyclic amines) is 1. The van der Waals surface area contributed by atoms with Gasteiger partial charge in [-0.15, -0.1) is 0 Å². The van der Waals surface area contributed by atoms with E-state index >= 15 is 0 Å². The molecule has 1 unspecified atom stereocenters. The summed E-state index contributed by atoms with van der Waals surface area (Å²) in [6.07, 6.45) is 5.55. The van der Waals surface area contributed by atoms with E-state index in [2.05, 4.69) is 18.7 Å². The molecule has 1 aliphatic rings. The Bertz CT molecular complexity index is 101. The highest BCUT2D eigenvalue weighted by atomic mass is 15.1. The molecule has 0 spiro atoms. The van der Waals surface area contributed by atoms with Crippen molar-refractivity contribution in [2.45, 2.75) is 39.5 Å². The van der Waals surface area contributed by atoms with E-state index in [1.54, 1.807) is 0 Å². The van der Waals surface area contributed by atoms with Crippen molar-refractivity contribution < 1.29 is 0 Å². The minimum absolute atomic E-state index is 1.01. The molecule has 1 fully saturated rings. The Morgan fingerprint density at radius 2 is 2.18 bits per heavy atom. The highest BCUT2D eigenvalue weighted by Crippen LogP contribution is 2.18. The summed E-state index contributed by atoms with van der Waals surface area (Å²) < 4.78 is 0. The summed E-state index contributed by atoms with van der Waals surface area (Å²) in [5, 5.41) is 0. The lowest BCUT2D eigenvalue weighted by Gasteiger charge is -2.14. The highest BCUT2D eigenvalue weighted by Gasteiger charge is 2.19. The second-order valence-electron chi connectivity index (χ2n) is 3.72. The van der Waals surface area contributed by atoms with Gasteiger partial charge in [-0.05, 0) is 31.8 Å². The SMILES string of the molecule is CCCCN1CCC(CC)C1. The lowest BCUT2D eigenvalue weighted by molar-refractivity contribution is 0.317. The van der Waals surface area contributed by atoms with Gasteiger partial charge in [0.25, 0.3) is 0 Å². The van der Waals surface area contributed by atoms with Crippen LogP contribution in [0.2, 0.25) is 0 Å². The molecule has 66 valence electrons. The summed E-state index contributed by atoms with van der Waals surface area (Å²) in [6, 6.07) is 0. The fourth-order valence-electron chi connectivity index (χ4n) is 1.83. The van der Waals surface area contributed by atoms with E-state index in [0.29, 0.717) is 0 Å². The molecule has 0 bridgehead atoms. The molecule has 0 saturated carbocycles. The Morgan fingerprint density at radius 3 is 2.73 bits per heavy atom. The van der Waals surface area contributed by atoms with Crippen LogP contribution in [0.25, 0.3) is 0 Å². The van der Waals surface area contributed by atoms with E-state index in [4.69, 9.17) is 0 Å². The summed E-state index contributed by atoms with van der Waals surface area (Å²) in [6.45, 7) is 8.66. The van der Waals surface area contributed by atoms with Gasteiger partial charge >= 0.3 is 0 Å². The van der Waals surface area contributed by atoms with Gasteiger partial charge in [0, 0.05) is 6.54 Å². The van der Waals surface area contributed by atoms with Crippen LogP contribution in [-0.4, -0.2) is 24.5 Å². The van der Waals surface area contributed by atoms with E-state index in [1.807, 2.05) is 0 Å². The summed E-state index contributed by atoms with van der Waals surface area (Å²) in [4.78, 5) is 2.62. The maximum absolute atomic E-state index is 2.62. The van der Waals surface area contributed by atoms with Crippen LogP contribution in [0.1, 0.15) is 39.5 Å². The van der Waals surface area contributed by atoms with Crippen LogP contribution in [0.3, 0.4) is 0 Å². The van der Waals surface area contributed by atoms with E-state index in [0.717, 1.165) is 5.92 Å². The highest BCUT2D eigenvalue weighted by molar-refractivity contribution is 4.73. The predicted molar refractivity (Wildman–Crippen MR) is 49.7 cm³/mol. The van der Waals surface area contributed by atoms with Crippen LogP contribution >= 0.6 is 0 Å². The summed E-state index contributed by atoms with van der Waals surface area (Å²) in [5.74, 6) is 1.01. The molecule has 0 aromatic heterocycles. The molecule has 0 radical (unpaired) electrons. The molecule has 1 heteroatoms. The quantitative estimate of drug-likeness (QED) is 0.603. The van der Waals surface area contributed by atoms with Crippen molar-refractivity contribution in [2.24, 2.45) is 5.92 Å². The van der Waals surface area contributed by atoms with Gasteiger partial charge in [0.05, 0.1) is 0 Å². The second kappa shape index (κ2) is 4.76. The molecule has 0 N–H and O–H groups in total. The normalized spacial score (nSPS) is 26.2. The Hall–Kier alpha value is -0.0400. The Morgan fingerprint density at radius 1 is 1.36 bits per heavy atom. The zero-order chi connectivity index (χ0) is 8.10. The summed E-state index contributed by atoms with van der Waals surface area (Å²) >= 11 is 0. The minimum atomic E-state index is 1.01. The molecule has 1 heterocycles. The average Bonchev–Trinajstić information content (AvgIpc) is 2.48. The smallest absolute Gasteiger partial charge is 0.00100 e. The average molecular weight is 155 g/mol. The zero-order valence-electron chi connectivity index (χ0n) is 7.97. The second-order valence-corrected chi connectivity index (χ2v) is 3.72. The molecule has 1 rings (SSSR count). The first-order valence-corrected chi connectivity index (χ1v) is 5.09. The molecule has 1 aliphatic heterocycles. The van der Waals surface area contributed by atoms with Crippen LogP contribution in [0.5, 0.6) is 0 Å². The molecule has 1 nitrogen and oxygen atoms in total. The van der Waals surface area contributed by atoms with Crippen molar-refractivity contribution in [1.29, 1.82) is 0 Å². The third kappa shape index (κ3) is 2.82. The maximum atomic E-state index is 2.62. The number of hydrogen-bond donors (Lipinski definition) is 0. The monoisotopic (exact) mass is 155 g/mol. The standard InChI is InChI=1S/C10H21N/c1-3-5-7-11-8-6-10(4-2)9-11/h10H,3-9H2,1-2H3. The fraction of sp³-hybridized carbons (Fsp3) is 1.00. The molecule has 11 heavy (non-hydrogen) atoms. The Balaban J connectivity index is 2.09. The van der Waals surface area contributed by atoms with Gasteiger partial charge in [0.1, 0.15) is 0 Å². The summed E-state index contributed by atoms with van der Waals surface area (Å²) in [5.41, 5.74) is 0. The van der Waals surface area contributed by atoms with Gasteiger partial charge in [-0.25, -0.2) is 0 Å². The van der Waals surface area contributed by atoms with Gasteiger partial charge in [-0.3, -0.25) is 0 Å². The van der Waals surface area contributed by atoms with Crippen LogP contribution in [0.15, 0.2) is 0 Å². The van der Waals surface area contributed by atoms with Gasteiger partial charge in [-0.2, -0.15) is 0 Å². The van der Waals surface area contributed by atoms with Crippen molar-refractivity contribution >= 4 is 0 Å². The molecule has 0 aromatic rings. The van der Waals surface area contributed by atoms with Crippen molar-refractivity contribution in [3.8, 4) is 0 Å². The van der Waals surface area contributed by atoms with Crippen LogP contribution in [0, 0.1) is 5.92 Å². The molecular formula is C10H21N. The zero-order valence-corrected chi connectivity index (χ0v) is 7.97. The number of hydrogen-bond acceptors (Lipinski definition) is 1. The first kappa shape index (κ1) is 9.05. The van der Waals surface area contributed by atoms with E-state index < -0.39 is 0 Å². The third-order valence-corrected chi connectivity index (χ3v) is 2.78. The molecule has 0 aromatic carbocycles. The fourth-order valence-corrected chi connectivity index (χ4v) is 1.83. The minimum Gasteiger partial charge on any atom is -0.303 e. The largest absolute Gasteiger partial charge is 0.303 e. The Kier molecular flexibility index (Phi) is 3.92. The Labute approximate surface area is 70.8 Å². The molecule has 0 aliphatic carbocycles. The lowest BCUT2D eigenvalue weighted by atomic mass is 10.1. The van der Waals surface area contributed by atoms with Gasteiger partial charge in [0.15, 0.2) is 0 Å². The topological polar surface area (TPSA) is 3.24 Å². The van der Waals surface area contributed by atoms with Crippen LogP contribution in [0.4, 0.5) is 0 Å². The van der Waals surface area contributed by atoms with Crippen LogP contribution < -0.4 is 0 Å². The van der Waals surface area contributed by atoms with Crippen molar-refractivity contribution in [2.75, 3.05) is 19.6 Å². The van der Waals surface area contributed by atoms with E-state index in [1.165, 1.54) is 45.3 Å². The number of nitrogens with zero attached hydrogens (tertiary/aromatic N) is 1. The summed E-state index contributed by atoms with van der Waals surface area (Å²) in [7, 11) is 0. The maximum Gasteiger partial charge on any atom is 0.00100 e.